The van der Waals surface area contributed by atoms with Crippen molar-refractivity contribution in [2.24, 2.45) is 0 Å². The second-order valence-electron chi connectivity index (χ2n) is 6.33. The molecule has 0 saturated heterocycles. The molecular formula is C22H25ClN2O2. The standard InChI is InChI=1S/C22H25ClN2O2/c23-19-8-5-17(6-9-19)16-27-22-10-7-18-3-1-2-4-20(18)21(22)15-25-12-11-24-13-14-26/h1-10,24-26H,11-16H2. The third-order valence-corrected chi connectivity index (χ3v) is 4.63. The summed E-state index contributed by atoms with van der Waals surface area (Å²) < 4.78 is 6.14. The summed E-state index contributed by atoms with van der Waals surface area (Å²) in [5.74, 6) is 0.888. The number of nitrogens with one attached hydrogen (secondary N) is 2. The minimum Gasteiger partial charge on any atom is -0.489 e. The minimum atomic E-state index is 0.159. The largest absolute Gasteiger partial charge is 0.489 e. The number of aliphatic hydroxyl groups is 1. The molecule has 0 aromatic heterocycles. The van der Waals surface area contributed by atoms with Crippen LogP contribution in [0.15, 0.2) is 60.7 Å². The van der Waals surface area contributed by atoms with E-state index in [0.717, 1.165) is 41.5 Å². The average molecular weight is 385 g/mol. The topological polar surface area (TPSA) is 53.5 Å². The molecule has 0 fully saturated rings. The van der Waals surface area contributed by atoms with Crippen molar-refractivity contribution in [1.29, 1.82) is 0 Å². The van der Waals surface area contributed by atoms with Gasteiger partial charge in [0.25, 0.3) is 0 Å². The maximum absolute atomic E-state index is 8.82. The Balaban J connectivity index is 1.71. The van der Waals surface area contributed by atoms with E-state index in [-0.39, 0.29) is 6.61 Å². The third-order valence-electron chi connectivity index (χ3n) is 4.37. The van der Waals surface area contributed by atoms with Gasteiger partial charge in [-0.25, -0.2) is 0 Å². The summed E-state index contributed by atoms with van der Waals surface area (Å²) >= 11 is 5.95. The first-order valence-corrected chi connectivity index (χ1v) is 9.56. The van der Waals surface area contributed by atoms with Crippen LogP contribution in [0.25, 0.3) is 10.8 Å². The van der Waals surface area contributed by atoms with Crippen molar-refractivity contribution in [2.45, 2.75) is 13.2 Å². The van der Waals surface area contributed by atoms with Crippen molar-refractivity contribution in [2.75, 3.05) is 26.2 Å². The zero-order valence-electron chi connectivity index (χ0n) is 15.2. The van der Waals surface area contributed by atoms with Crippen molar-refractivity contribution in [3.8, 4) is 5.75 Å². The first-order valence-electron chi connectivity index (χ1n) is 9.18. The Kier molecular flexibility index (Phi) is 7.48. The van der Waals surface area contributed by atoms with Crippen molar-refractivity contribution in [1.82, 2.24) is 10.6 Å². The zero-order chi connectivity index (χ0) is 18.9. The summed E-state index contributed by atoms with van der Waals surface area (Å²) in [7, 11) is 0. The number of fused-ring (bicyclic) bond motifs is 1. The lowest BCUT2D eigenvalue weighted by atomic mass is 10.0. The van der Waals surface area contributed by atoms with Crippen molar-refractivity contribution < 1.29 is 9.84 Å². The fourth-order valence-corrected chi connectivity index (χ4v) is 3.10. The van der Waals surface area contributed by atoms with Gasteiger partial charge < -0.3 is 20.5 Å². The quantitative estimate of drug-likeness (QED) is 0.466. The van der Waals surface area contributed by atoms with E-state index in [1.807, 2.05) is 36.4 Å². The Labute approximate surface area is 165 Å². The van der Waals surface area contributed by atoms with E-state index in [2.05, 4.69) is 34.9 Å². The molecule has 3 rings (SSSR count). The third kappa shape index (κ3) is 5.68. The van der Waals surface area contributed by atoms with Crippen molar-refractivity contribution in [3.63, 3.8) is 0 Å². The highest BCUT2D eigenvalue weighted by molar-refractivity contribution is 6.30. The van der Waals surface area contributed by atoms with Gasteiger partial charge in [0, 0.05) is 36.8 Å². The lowest BCUT2D eigenvalue weighted by molar-refractivity contribution is 0.292. The Morgan fingerprint density at radius 2 is 1.63 bits per heavy atom. The lowest BCUT2D eigenvalue weighted by Crippen LogP contribution is -2.29. The fraction of sp³-hybridized carbons (Fsp3) is 0.273. The van der Waals surface area contributed by atoms with Crippen LogP contribution in [-0.2, 0) is 13.2 Å². The lowest BCUT2D eigenvalue weighted by Gasteiger charge is -2.15. The normalized spacial score (nSPS) is 11.0. The molecule has 0 aliphatic carbocycles. The van der Waals surface area contributed by atoms with Gasteiger partial charge in [0.15, 0.2) is 0 Å². The maximum Gasteiger partial charge on any atom is 0.124 e. The van der Waals surface area contributed by atoms with Crippen LogP contribution in [0, 0.1) is 0 Å². The van der Waals surface area contributed by atoms with Crippen LogP contribution >= 0.6 is 11.6 Å². The van der Waals surface area contributed by atoms with E-state index in [4.69, 9.17) is 21.4 Å². The molecule has 3 aromatic carbocycles. The summed E-state index contributed by atoms with van der Waals surface area (Å²) in [5.41, 5.74) is 2.24. The van der Waals surface area contributed by atoms with Crippen LogP contribution in [0.4, 0.5) is 0 Å². The van der Waals surface area contributed by atoms with E-state index in [0.29, 0.717) is 13.2 Å². The Morgan fingerprint density at radius 3 is 2.44 bits per heavy atom. The summed E-state index contributed by atoms with van der Waals surface area (Å²) in [4.78, 5) is 0. The first kappa shape index (κ1) is 19.6. The van der Waals surface area contributed by atoms with Gasteiger partial charge >= 0.3 is 0 Å². The number of hydrogen-bond acceptors (Lipinski definition) is 4. The molecule has 0 radical (unpaired) electrons. The highest BCUT2D eigenvalue weighted by Gasteiger charge is 2.09. The molecule has 142 valence electrons. The first-order chi connectivity index (χ1) is 13.3. The van der Waals surface area contributed by atoms with Gasteiger partial charge in [-0.1, -0.05) is 54.1 Å². The van der Waals surface area contributed by atoms with Gasteiger partial charge in [-0.3, -0.25) is 0 Å². The van der Waals surface area contributed by atoms with Crippen LogP contribution in [0.2, 0.25) is 5.02 Å². The van der Waals surface area contributed by atoms with Crippen LogP contribution in [0.5, 0.6) is 5.75 Å². The van der Waals surface area contributed by atoms with Crippen LogP contribution in [0.1, 0.15) is 11.1 Å². The number of ether oxygens (including phenoxy) is 1. The van der Waals surface area contributed by atoms with E-state index >= 15 is 0 Å². The van der Waals surface area contributed by atoms with E-state index in [1.165, 1.54) is 10.8 Å². The molecule has 0 amide bonds. The molecule has 0 unspecified atom stereocenters. The van der Waals surface area contributed by atoms with Crippen LogP contribution in [-0.4, -0.2) is 31.3 Å². The smallest absolute Gasteiger partial charge is 0.124 e. The molecule has 0 aliphatic rings. The molecule has 0 atom stereocenters. The molecular weight excluding hydrogens is 360 g/mol. The molecule has 3 N–H and O–H groups in total. The van der Waals surface area contributed by atoms with E-state index in [1.54, 1.807) is 0 Å². The Bertz CT molecular complexity index is 853. The number of aliphatic hydroxyl groups excluding tert-OH is 1. The fourth-order valence-electron chi connectivity index (χ4n) is 2.97. The minimum absolute atomic E-state index is 0.159. The summed E-state index contributed by atoms with van der Waals surface area (Å²) in [6.45, 7) is 3.63. The number of rotatable bonds is 10. The Morgan fingerprint density at radius 1 is 0.852 bits per heavy atom. The number of benzene rings is 3. The molecule has 5 heteroatoms. The maximum atomic E-state index is 8.82. The molecule has 0 saturated carbocycles. The van der Waals surface area contributed by atoms with Gasteiger partial charge in [-0.15, -0.1) is 0 Å². The second-order valence-corrected chi connectivity index (χ2v) is 6.77. The zero-order valence-corrected chi connectivity index (χ0v) is 16.0. The highest BCUT2D eigenvalue weighted by Crippen LogP contribution is 2.28. The second kappa shape index (κ2) is 10.3. The van der Waals surface area contributed by atoms with Gasteiger partial charge in [0.05, 0.1) is 6.61 Å². The van der Waals surface area contributed by atoms with Gasteiger partial charge in [-0.2, -0.15) is 0 Å². The predicted octanol–water partition coefficient (Wildman–Crippen LogP) is 3.74. The number of halogens is 1. The molecule has 0 heterocycles. The SMILES string of the molecule is OCCNCCNCc1c(OCc2ccc(Cl)cc2)ccc2ccccc12. The Hall–Kier alpha value is -2.11. The molecule has 0 spiro atoms. The summed E-state index contributed by atoms with van der Waals surface area (Å²) in [5, 5.41) is 18.6. The molecule has 27 heavy (non-hydrogen) atoms. The summed E-state index contributed by atoms with van der Waals surface area (Å²) in [6.07, 6.45) is 0. The van der Waals surface area contributed by atoms with E-state index < -0.39 is 0 Å². The molecule has 4 nitrogen and oxygen atoms in total. The van der Waals surface area contributed by atoms with Crippen molar-refractivity contribution in [3.05, 3.63) is 76.8 Å². The van der Waals surface area contributed by atoms with Gasteiger partial charge in [-0.05, 0) is 34.5 Å². The van der Waals surface area contributed by atoms with Gasteiger partial charge in [0.1, 0.15) is 12.4 Å². The monoisotopic (exact) mass is 384 g/mol. The number of hydrogen-bond donors (Lipinski definition) is 3. The molecule has 0 bridgehead atoms. The average Bonchev–Trinajstić information content (AvgIpc) is 2.70. The molecule has 3 aromatic rings. The predicted molar refractivity (Wildman–Crippen MR) is 111 cm³/mol. The van der Waals surface area contributed by atoms with Gasteiger partial charge in [0.2, 0.25) is 0 Å². The van der Waals surface area contributed by atoms with Crippen LogP contribution in [0.3, 0.4) is 0 Å². The summed E-state index contributed by atoms with van der Waals surface area (Å²) in [6, 6.07) is 20.2. The highest BCUT2D eigenvalue weighted by atomic mass is 35.5. The van der Waals surface area contributed by atoms with Crippen LogP contribution < -0.4 is 15.4 Å². The molecule has 0 aliphatic heterocycles. The van der Waals surface area contributed by atoms with Crippen molar-refractivity contribution >= 4 is 22.4 Å². The van der Waals surface area contributed by atoms with E-state index in [9.17, 15) is 0 Å².